The van der Waals surface area contributed by atoms with Crippen molar-refractivity contribution >= 4 is 0 Å². The van der Waals surface area contributed by atoms with Crippen molar-refractivity contribution in [1.29, 1.82) is 0 Å². The second-order valence-corrected chi connectivity index (χ2v) is 4.87. The Kier molecular flexibility index (Phi) is 5.02. The molecule has 0 aliphatic heterocycles. The van der Waals surface area contributed by atoms with Crippen LogP contribution in [-0.2, 0) is 11.3 Å². The zero-order chi connectivity index (χ0) is 11.9. The van der Waals surface area contributed by atoms with Crippen LogP contribution in [0.2, 0.25) is 0 Å². The molecule has 1 aromatic rings. The van der Waals surface area contributed by atoms with Crippen molar-refractivity contribution in [2.75, 3.05) is 7.05 Å². The highest BCUT2D eigenvalue weighted by molar-refractivity contribution is 5.13. The van der Waals surface area contributed by atoms with Crippen LogP contribution in [0, 0.1) is 0 Å². The van der Waals surface area contributed by atoms with E-state index in [2.05, 4.69) is 36.6 Å². The number of ether oxygens (including phenoxy) is 1. The Morgan fingerprint density at radius 1 is 1.12 bits per heavy atom. The Labute approximate surface area is 104 Å². The van der Waals surface area contributed by atoms with Crippen molar-refractivity contribution < 1.29 is 4.74 Å². The molecular weight excluding hydrogens is 210 g/mol. The van der Waals surface area contributed by atoms with E-state index >= 15 is 0 Å². The summed E-state index contributed by atoms with van der Waals surface area (Å²) in [5.74, 6) is 0. The summed E-state index contributed by atoms with van der Waals surface area (Å²) in [5.41, 5.74) is 1.27. The third kappa shape index (κ3) is 3.83. The van der Waals surface area contributed by atoms with E-state index in [1.165, 1.54) is 37.7 Å². The van der Waals surface area contributed by atoms with Crippen molar-refractivity contribution in [3.05, 3.63) is 35.9 Å². The fourth-order valence-electron chi connectivity index (χ4n) is 2.58. The summed E-state index contributed by atoms with van der Waals surface area (Å²) in [7, 11) is 2.05. The third-order valence-corrected chi connectivity index (χ3v) is 3.63. The summed E-state index contributed by atoms with van der Waals surface area (Å²) in [6.07, 6.45) is 6.80. The largest absolute Gasteiger partial charge is 0.372 e. The van der Waals surface area contributed by atoms with Gasteiger partial charge in [0.25, 0.3) is 0 Å². The van der Waals surface area contributed by atoms with Gasteiger partial charge < -0.3 is 10.1 Å². The second-order valence-electron chi connectivity index (χ2n) is 4.87. The van der Waals surface area contributed by atoms with Crippen LogP contribution in [-0.4, -0.2) is 19.2 Å². The van der Waals surface area contributed by atoms with Crippen LogP contribution in [0.25, 0.3) is 0 Å². The first-order valence-electron chi connectivity index (χ1n) is 6.73. The lowest BCUT2D eigenvalue weighted by atomic mass is 10.1. The van der Waals surface area contributed by atoms with Gasteiger partial charge in [-0.1, -0.05) is 49.6 Å². The number of rotatable bonds is 4. The van der Waals surface area contributed by atoms with E-state index < -0.39 is 0 Å². The van der Waals surface area contributed by atoms with Gasteiger partial charge in [-0.3, -0.25) is 0 Å². The Morgan fingerprint density at radius 3 is 2.65 bits per heavy atom. The second kappa shape index (κ2) is 6.77. The predicted molar refractivity (Wildman–Crippen MR) is 71.0 cm³/mol. The van der Waals surface area contributed by atoms with Gasteiger partial charge in [-0.15, -0.1) is 0 Å². The van der Waals surface area contributed by atoms with Crippen molar-refractivity contribution in [3.8, 4) is 0 Å². The molecule has 17 heavy (non-hydrogen) atoms. The van der Waals surface area contributed by atoms with Crippen molar-refractivity contribution in [3.63, 3.8) is 0 Å². The third-order valence-electron chi connectivity index (χ3n) is 3.63. The molecule has 2 atom stereocenters. The summed E-state index contributed by atoms with van der Waals surface area (Å²) in [5, 5.41) is 3.41. The zero-order valence-electron chi connectivity index (χ0n) is 10.7. The summed E-state index contributed by atoms with van der Waals surface area (Å²) in [6.45, 7) is 0.740. The van der Waals surface area contributed by atoms with Gasteiger partial charge in [0, 0.05) is 6.04 Å². The molecule has 0 spiro atoms. The number of likely N-dealkylation sites (N-methyl/N-ethyl adjacent to an activating group) is 1. The summed E-state index contributed by atoms with van der Waals surface area (Å²) < 4.78 is 6.09. The molecule has 1 fully saturated rings. The quantitative estimate of drug-likeness (QED) is 0.807. The Balaban J connectivity index is 1.87. The van der Waals surface area contributed by atoms with Gasteiger partial charge in [-0.2, -0.15) is 0 Å². The highest BCUT2D eigenvalue weighted by Gasteiger charge is 2.22. The van der Waals surface area contributed by atoms with Gasteiger partial charge in [-0.25, -0.2) is 0 Å². The van der Waals surface area contributed by atoms with E-state index in [1.54, 1.807) is 0 Å². The molecule has 1 aliphatic rings. The molecule has 1 aliphatic carbocycles. The minimum absolute atomic E-state index is 0.378. The van der Waals surface area contributed by atoms with Crippen LogP contribution >= 0.6 is 0 Å². The monoisotopic (exact) mass is 233 g/mol. The van der Waals surface area contributed by atoms with Crippen molar-refractivity contribution in [2.24, 2.45) is 0 Å². The van der Waals surface area contributed by atoms with Crippen LogP contribution in [0.15, 0.2) is 30.3 Å². The minimum atomic E-state index is 0.378. The molecule has 2 unspecified atom stereocenters. The van der Waals surface area contributed by atoms with E-state index in [0.717, 1.165) is 6.61 Å². The van der Waals surface area contributed by atoms with E-state index in [-0.39, 0.29) is 0 Å². The fourth-order valence-corrected chi connectivity index (χ4v) is 2.58. The zero-order valence-corrected chi connectivity index (χ0v) is 10.7. The molecule has 0 aromatic heterocycles. The maximum atomic E-state index is 6.09. The first-order valence-corrected chi connectivity index (χ1v) is 6.73. The Morgan fingerprint density at radius 2 is 1.88 bits per heavy atom. The lowest BCUT2D eigenvalue weighted by Gasteiger charge is -2.25. The average Bonchev–Trinajstić information content (AvgIpc) is 2.62. The molecule has 0 saturated heterocycles. The molecule has 0 radical (unpaired) electrons. The van der Waals surface area contributed by atoms with Gasteiger partial charge in [0.15, 0.2) is 0 Å². The van der Waals surface area contributed by atoms with Gasteiger partial charge in [-0.05, 0) is 25.5 Å². The Bertz CT molecular complexity index is 312. The van der Waals surface area contributed by atoms with E-state index in [9.17, 15) is 0 Å². The van der Waals surface area contributed by atoms with E-state index in [4.69, 9.17) is 4.74 Å². The molecular formula is C15H23NO. The standard InChI is InChI=1S/C15H23NO/c1-16-14-10-6-3-7-11-15(14)17-12-13-8-4-2-5-9-13/h2,4-5,8-9,14-16H,3,6-7,10-12H2,1H3. The van der Waals surface area contributed by atoms with Gasteiger partial charge >= 0.3 is 0 Å². The summed E-state index contributed by atoms with van der Waals surface area (Å²) in [6, 6.07) is 11.0. The van der Waals surface area contributed by atoms with E-state index in [1.807, 2.05) is 6.07 Å². The summed E-state index contributed by atoms with van der Waals surface area (Å²) >= 11 is 0. The molecule has 2 nitrogen and oxygen atoms in total. The molecule has 1 aromatic carbocycles. The average molecular weight is 233 g/mol. The normalized spacial score (nSPS) is 25.5. The van der Waals surface area contributed by atoms with Crippen LogP contribution in [0.1, 0.15) is 37.7 Å². The van der Waals surface area contributed by atoms with Crippen LogP contribution in [0.3, 0.4) is 0 Å². The molecule has 2 rings (SSSR count). The smallest absolute Gasteiger partial charge is 0.0732 e. The maximum Gasteiger partial charge on any atom is 0.0732 e. The van der Waals surface area contributed by atoms with Crippen LogP contribution in [0.5, 0.6) is 0 Å². The molecule has 1 N–H and O–H groups in total. The minimum Gasteiger partial charge on any atom is -0.372 e. The topological polar surface area (TPSA) is 21.3 Å². The van der Waals surface area contributed by atoms with Crippen LogP contribution < -0.4 is 5.32 Å². The number of hydrogen-bond donors (Lipinski definition) is 1. The van der Waals surface area contributed by atoms with E-state index in [0.29, 0.717) is 12.1 Å². The highest BCUT2D eigenvalue weighted by Crippen LogP contribution is 2.21. The molecule has 94 valence electrons. The highest BCUT2D eigenvalue weighted by atomic mass is 16.5. The predicted octanol–water partition coefficient (Wildman–Crippen LogP) is 3.12. The molecule has 1 saturated carbocycles. The van der Waals surface area contributed by atoms with Gasteiger partial charge in [0.2, 0.25) is 0 Å². The first kappa shape index (κ1) is 12.6. The van der Waals surface area contributed by atoms with Crippen molar-refractivity contribution in [1.82, 2.24) is 5.32 Å². The number of benzene rings is 1. The lowest BCUT2D eigenvalue weighted by molar-refractivity contribution is 0.0124. The molecule has 0 heterocycles. The number of nitrogens with one attached hydrogen (secondary N) is 1. The summed E-state index contributed by atoms with van der Waals surface area (Å²) in [4.78, 5) is 0. The molecule has 0 bridgehead atoms. The number of hydrogen-bond acceptors (Lipinski definition) is 2. The molecule has 0 amide bonds. The maximum absolute atomic E-state index is 6.09. The van der Waals surface area contributed by atoms with Gasteiger partial charge in [0.05, 0.1) is 12.7 Å². The molecule has 2 heteroatoms. The Hall–Kier alpha value is -0.860. The van der Waals surface area contributed by atoms with Crippen molar-refractivity contribution in [2.45, 2.75) is 50.9 Å². The van der Waals surface area contributed by atoms with Gasteiger partial charge in [0.1, 0.15) is 0 Å². The first-order chi connectivity index (χ1) is 8.40. The fraction of sp³-hybridized carbons (Fsp3) is 0.600. The lowest BCUT2D eigenvalue weighted by Crippen LogP contribution is -2.38. The van der Waals surface area contributed by atoms with Crippen LogP contribution in [0.4, 0.5) is 0 Å². The SMILES string of the molecule is CNC1CCCCCC1OCc1ccccc1.